The molecule has 0 saturated heterocycles. The van der Waals surface area contributed by atoms with Crippen LogP contribution in [0.25, 0.3) is 0 Å². The Balaban J connectivity index is 1.78. The Morgan fingerprint density at radius 3 is 2.58 bits per heavy atom. The van der Waals surface area contributed by atoms with Gasteiger partial charge in [-0.25, -0.2) is 4.79 Å². The molecule has 0 saturated carbocycles. The van der Waals surface area contributed by atoms with Gasteiger partial charge in [-0.3, -0.25) is 4.79 Å². The fourth-order valence-electron chi connectivity index (χ4n) is 2.19. The van der Waals surface area contributed by atoms with Crippen molar-refractivity contribution in [3.63, 3.8) is 0 Å². The number of amides is 1. The van der Waals surface area contributed by atoms with Crippen molar-refractivity contribution in [2.45, 2.75) is 26.4 Å². The number of anilines is 1. The lowest BCUT2D eigenvalue weighted by atomic mass is 10.1. The largest absolute Gasteiger partial charge is 0.479 e. The van der Waals surface area contributed by atoms with Crippen molar-refractivity contribution in [2.75, 3.05) is 11.9 Å². The van der Waals surface area contributed by atoms with Crippen LogP contribution in [0.4, 0.5) is 5.69 Å². The van der Waals surface area contributed by atoms with Crippen LogP contribution in [0.15, 0.2) is 48.5 Å². The van der Waals surface area contributed by atoms with Gasteiger partial charge in [0, 0.05) is 5.69 Å². The molecule has 2 aromatic rings. The quantitative estimate of drug-likeness (QED) is 0.774. The zero-order valence-electron chi connectivity index (χ0n) is 14.7. The summed E-state index contributed by atoms with van der Waals surface area (Å²) in [6.45, 7) is 3.09. The van der Waals surface area contributed by atoms with Crippen LogP contribution in [0.2, 0.25) is 0 Å². The number of rotatable bonds is 7. The Bertz CT molecular complexity index is 809. The molecule has 2 aromatic carbocycles. The average Bonchev–Trinajstić information content (AvgIpc) is 2.61. The van der Waals surface area contributed by atoms with Gasteiger partial charge < -0.3 is 14.8 Å². The Morgan fingerprint density at radius 2 is 1.92 bits per heavy atom. The van der Waals surface area contributed by atoms with Crippen LogP contribution in [0.3, 0.4) is 0 Å². The van der Waals surface area contributed by atoms with E-state index in [1.165, 1.54) is 0 Å². The number of ether oxygens (including phenoxy) is 2. The van der Waals surface area contributed by atoms with E-state index in [9.17, 15) is 9.59 Å². The number of carbonyl (C=O) groups is 2. The maximum atomic E-state index is 11.9. The summed E-state index contributed by atoms with van der Waals surface area (Å²) in [6.07, 6.45) is -0.514. The van der Waals surface area contributed by atoms with Crippen LogP contribution in [-0.4, -0.2) is 24.6 Å². The molecule has 0 aliphatic rings. The summed E-state index contributed by atoms with van der Waals surface area (Å²) in [5.74, 6) is -0.503. The Hall–Kier alpha value is -3.33. The van der Waals surface area contributed by atoms with Gasteiger partial charge in [-0.1, -0.05) is 24.3 Å². The molecule has 0 unspecified atom stereocenters. The molecule has 0 aliphatic heterocycles. The summed E-state index contributed by atoms with van der Waals surface area (Å²) in [5.41, 5.74) is 2.44. The van der Waals surface area contributed by atoms with E-state index >= 15 is 0 Å². The molecule has 134 valence electrons. The highest BCUT2D eigenvalue weighted by Crippen LogP contribution is 2.14. The maximum absolute atomic E-state index is 11.9. The normalized spacial score (nSPS) is 11.1. The molecular formula is C20H20N2O4. The molecule has 0 fully saturated rings. The third-order valence-electron chi connectivity index (χ3n) is 3.50. The van der Waals surface area contributed by atoms with Gasteiger partial charge in [0.1, 0.15) is 5.75 Å². The van der Waals surface area contributed by atoms with Gasteiger partial charge in [0.15, 0.2) is 12.7 Å². The molecular weight excluding hydrogens is 332 g/mol. The first-order valence-electron chi connectivity index (χ1n) is 8.13. The molecule has 1 N–H and O–H groups in total. The minimum Gasteiger partial charge on any atom is -0.479 e. The number of nitriles is 1. The van der Waals surface area contributed by atoms with Gasteiger partial charge in [-0.05, 0) is 49.2 Å². The second kappa shape index (κ2) is 9.23. The number of aryl methyl sites for hydroxylation is 1. The van der Waals surface area contributed by atoms with Gasteiger partial charge in [0.25, 0.3) is 5.91 Å². The van der Waals surface area contributed by atoms with Crippen molar-refractivity contribution in [1.82, 2.24) is 0 Å². The number of hydrogen-bond acceptors (Lipinski definition) is 5. The average molecular weight is 352 g/mol. The molecule has 0 spiro atoms. The summed E-state index contributed by atoms with van der Waals surface area (Å²) >= 11 is 0. The van der Waals surface area contributed by atoms with Crippen molar-refractivity contribution < 1.29 is 19.1 Å². The number of nitrogens with one attached hydrogen (secondary N) is 1. The van der Waals surface area contributed by atoms with Crippen LogP contribution in [0, 0.1) is 18.3 Å². The van der Waals surface area contributed by atoms with Crippen LogP contribution in [-0.2, 0) is 20.7 Å². The molecule has 0 heterocycles. The second-order valence-electron chi connectivity index (χ2n) is 5.76. The van der Waals surface area contributed by atoms with E-state index in [0.29, 0.717) is 17.9 Å². The highest BCUT2D eigenvalue weighted by molar-refractivity contribution is 5.93. The number of benzene rings is 2. The lowest BCUT2D eigenvalue weighted by molar-refractivity contribution is -0.153. The van der Waals surface area contributed by atoms with Crippen molar-refractivity contribution in [3.05, 3.63) is 59.7 Å². The van der Waals surface area contributed by atoms with Crippen molar-refractivity contribution in [1.29, 1.82) is 5.26 Å². The van der Waals surface area contributed by atoms with Crippen LogP contribution < -0.4 is 10.1 Å². The first kappa shape index (κ1) is 19.0. The summed E-state index contributed by atoms with van der Waals surface area (Å²) in [7, 11) is 0. The Labute approximate surface area is 152 Å². The van der Waals surface area contributed by atoms with E-state index < -0.39 is 24.6 Å². The highest BCUT2D eigenvalue weighted by atomic mass is 16.6. The second-order valence-corrected chi connectivity index (χ2v) is 5.76. The molecule has 0 aromatic heterocycles. The van der Waals surface area contributed by atoms with Crippen molar-refractivity contribution >= 4 is 17.6 Å². The zero-order chi connectivity index (χ0) is 18.9. The van der Waals surface area contributed by atoms with E-state index in [0.717, 1.165) is 11.1 Å². The smallest absolute Gasteiger partial charge is 0.347 e. The molecule has 1 atom stereocenters. The molecule has 0 bridgehead atoms. The van der Waals surface area contributed by atoms with Crippen molar-refractivity contribution in [2.24, 2.45) is 0 Å². The lowest BCUT2D eigenvalue weighted by Crippen LogP contribution is -2.29. The zero-order valence-corrected chi connectivity index (χ0v) is 14.7. The minimum atomic E-state index is -0.824. The van der Waals surface area contributed by atoms with E-state index in [1.54, 1.807) is 37.3 Å². The maximum Gasteiger partial charge on any atom is 0.347 e. The molecule has 0 radical (unpaired) electrons. The van der Waals surface area contributed by atoms with Crippen LogP contribution in [0.1, 0.15) is 18.1 Å². The number of carbonyl (C=O) groups excluding carboxylic acids is 2. The van der Waals surface area contributed by atoms with Crippen LogP contribution >= 0.6 is 0 Å². The topological polar surface area (TPSA) is 88.4 Å². The fourth-order valence-corrected chi connectivity index (χ4v) is 2.19. The Kier molecular flexibility index (Phi) is 6.75. The predicted octanol–water partition coefficient (Wildman–Crippen LogP) is 3.01. The molecule has 1 amide bonds. The predicted molar refractivity (Wildman–Crippen MR) is 96.6 cm³/mol. The Morgan fingerprint density at radius 1 is 1.19 bits per heavy atom. The van der Waals surface area contributed by atoms with Gasteiger partial charge in [0.05, 0.1) is 12.5 Å². The highest BCUT2D eigenvalue weighted by Gasteiger charge is 2.18. The third kappa shape index (κ3) is 5.95. The van der Waals surface area contributed by atoms with E-state index in [4.69, 9.17) is 14.7 Å². The number of nitrogens with zero attached hydrogens (tertiary/aromatic N) is 1. The molecule has 2 rings (SSSR count). The first-order chi connectivity index (χ1) is 12.5. The van der Waals surface area contributed by atoms with Gasteiger partial charge >= 0.3 is 5.97 Å². The van der Waals surface area contributed by atoms with Crippen molar-refractivity contribution in [3.8, 4) is 11.8 Å². The van der Waals surface area contributed by atoms with Gasteiger partial charge in [0.2, 0.25) is 0 Å². The monoisotopic (exact) mass is 352 g/mol. The summed E-state index contributed by atoms with van der Waals surface area (Å²) in [4.78, 5) is 23.8. The molecule has 0 aliphatic carbocycles. The summed E-state index contributed by atoms with van der Waals surface area (Å²) in [6, 6.07) is 16.3. The van der Waals surface area contributed by atoms with Gasteiger partial charge in [-0.15, -0.1) is 0 Å². The summed E-state index contributed by atoms with van der Waals surface area (Å²) in [5, 5.41) is 11.3. The summed E-state index contributed by atoms with van der Waals surface area (Å²) < 4.78 is 10.5. The van der Waals surface area contributed by atoms with Gasteiger partial charge in [-0.2, -0.15) is 5.26 Å². The molecule has 26 heavy (non-hydrogen) atoms. The molecule has 6 nitrogen and oxygen atoms in total. The van der Waals surface area contributed by atoms with Crippen LogP contribution in [0.5, 0.6) is 5.75 Å². The SMILES string of the molecule is Cc1cccc(O[C@H](C)C(=O)OCC(=O)Nc2ccc(CC#N)cc2)c1. The van der Waals surface area contributed by atoms with E-state index in [2.05, 4.69) is 11.4 Å². The molecule has 6 heteroatoms. The van der Waals surface area contributed by atoms with E-state index in [-0.39, 0.29) is 0 Å². The lowest BCUT2D eigenvalue weighted by Gasteiger charge is -2.14. The van der Waals surface area contributed by atoms with E-state index in [1.807, 2.05) is 25.1 Å². The number of esters is 1. The third-order valence-corrected chi connectivity index (χ3v) is 3.50. The minimum absolute atomic E-state index is 0.310. The number of hydrogen-bond donors (Lipinski definition) is 1. The standard InChI is InChI=1S/C20H20N2O4/c1-14-4-3-5-18(12-14)26-15(2)20(24)25-13-19(23)22-17-8-6-16(7-9-17)10-11-21/h3-9,12,15H,10,13H2,1-2H3,(H,22,23)/t15-/m1/s1. The first-order valence-corrected chi connectivity index (χ1v) is 8.13. The fraction of sp³-hybridized carbons (Fsp3) is 0.250.